The van der Waals surface area contributed by atoms with Gasteiger partial charge < -0.3 is 9.80 Å². The third kappa shape index (κ3) is 4.11. The molecule has 4 nitrogen and oxygen atoms in total. The van der Waals surface area contributed by atoms with Crippen molar-refractivity contribution in [2.75, 3.05) is 45.8 Å². The highest BCUT2D eigenvalue weighted by Crippen LogP contribution is 2.24. The summed E-state index contributed by atoms with van der Waals surface area (Å²) in [5, 5.41) is 0.877. The molecule has 2 aliphatic heterocycles. The van der Waals surface area contributed by atoms with Gasteiger partial charge in [0.1, 0.15) is 0 Å². The van der Waals surface area contributed by atoms with E-state index >= 15 is 0 Å². The van der Waals surface area contributed by atoms with Crippen molar-refractivity contribution in [2.24, 2.45) is 5.92 Å². The first-order valence-corrected chi connectivity index (χ1v) is 9.37. The van der Waals surface area contributed by atoms with Crippen LogP contribution in [0.3, 0.4) is 0 Å². The number of piperazine rings is 1. The summed E-state index contributed by atoms with van der Waals surface area (Å²) in [5.41, 5.74) is 1.24. The molecule has 3 rings (SSSR count). The fraction of sp³-hybridized carbons (Fsp3) is 0.632. The van der Waals surface area contributed by atoms with Crippen molar-refractivity contribution in [3.05, 3.63) is 34.9 Å². The van der Waals surface area contributed by atoms with E-state index in [9.17, 15) is 4.79 Å². The van der Waals surface area contributed by atoms with E-state index in [0.717, 1.165) is 57.3 Å². The van der Waals surface area contributed by atoms with Crippen LogP contribution in [0.2, 0.25) is 5.02 Å². The van der Waals surface area contributed by atoms with Gasteiger partial charge in [-0.15, -0.1) is 0 Å². The van der Waals surface area contributed by atoms with E-state index in [2.05, 4.69) is 28.9 Å². The second kappa shape index (κ2) is 7.85. The monoisotopic (exact) mass is 349 g/mol. The topological polar surface area (TPSA) is 26.8 Å². The van der Waals surface area contributed by atoms with Crippen molar-refractivity contribution in [2.45, 2.75) is 26.3 Å². The van der Waals surface area contributed by atoms with Gasteiger partial charge in [0.2, 0.25) is 5.91 Å². The van der Waals surface area contributed by atoms with Crippen LogP contribution in [0.5, 0.6) is 0 Å². The van der Waals surface area contributed by atoms with E-state index in [1.807, 2.05) is 17.0 Å². The number of hydrogen-bond donors (Lipinski definition) is 0. The van der Waals surface area contributed by atoms with E-state index in [1.165, 1.54) is 5.56 Å². The highest BCUT2D eigenvalue weighted by molar-refractivity contribution is 6.31. The lowest BCUT2D eigenvalue weighted by Crippen LogP contribution is -2.53. The first kappa shape index (κ1) is 17.7. The van der Waals surface area contributed by atoms with Gasteiger partial charge in [-0.25, -0.2) is 0 Å². The predicted molar refractivity (Wildman–Crippen MR) is 98.4 cm³/mol. The SMILES string of the molecule is CC(=O)N1CCN(C2CN(CCc3ccccc3Cl)CC2C)CC1. The van der Waals surface area contributed by atoms with Crippen LogP contribution < -0.4 is 0 Å². The molecule has 1 aromatic rings. The van der Waals surface area contributed by atoms with Gasteiger partial charge in [0, 0.05) is 63.8 Å². The van der Waals surface area contributed by atoms with Crippen LogP contribution in [0, 0.1) is 5.92 Å². The zero-order chi connectivity index (χ0) is 17.1. The fourth-order valence-electron chi connectivity index (χ4n) is 4.05. The quantitative estimate of drug-likeness (QED) is 0.835. The van der Waals surface area contributed by atoms with E-state index in [1.54, 1.807) is 6.92 Å². The first-order valence-electron chi connectivity index (χ1n) is 9.00. The van der Waals surface area contributed by atoms with E-state index in [4.69, 9.17) is 11.6 Å². The molecule has 2 heterocycles. The second-order valence-corrected chi connectivity index (χ2v) is 7.59. The predicted octanol–water partition coefficient (Wildman–Crippen LogP) is 2.37. The molecule has 132 valence electrons. The number of carbonyl (C=O) groups is 1. The molecular formula is C19H28ClN3O. The highest BCUT2D eigenvalue weighted by Gasteiger charge is 2.35. The minimum absolute atomic E-state index is 0.204. The van der Waals surface area contributed by atoms with Gasteiger partial charge >= 0.3 is 0 Å². The molecule has 0 spiro atoms. The summed E-state index contributed by atoms with van der Waals surface area (Å²) in [6.07, 6.45) is 1.01. The second-order valence-electron chi connectivity index (χ2n) is 7.19. The molecule has 2 saturated heterocycles. The minimum Gasteiger partial charge on any atom is -0.340 e. The van der Waals surface area contributed by atoms with Crippen molar-refractivity contribution in [3.8, 4) is 0 Å². The average Bonchev–Trinajstić information content (AvgIpc) is 2.95. The Bertz CT molecular complexity index is 571. The average molecular weight is 350 g/mol. The van der Waals surface area contributed by atoms with Crippen LogP contribution in [0.15, 0.2) is 24.3 Å². The van der Waals surface area contributed by atoms with E-state index in [0.29, 0.717) is 12.0 Å². The van der Waals surface area contributed by atoms with Crippen LogP contribution in [0.25, 0.3) is 0 Å². The standard InChI is InChI=1S/C19H28ClN3O/c1-15-13-21(8-7-17-5-3-4-6-18(17)20)14-19(15)23-11-9-22(10-12-23)16(2)24/h3-6,15,19H,7-14H2,1-2H3. The van der Waals surface area contributed by atoms with Crippen molar-refractivity contribution in [3.63, 3.8) is 0 Å². The van der Waals surface area contributed by atoms with E-state index < -0.39 is 0 Å². The van der Waals surface area contributed by atoms with Gasteiger partial charge in [-0.1, -0.05) is 36.7 Å². The fourth-order valence-corrected chi connectivity index (χ4v) is 4.28. The summed E-state index contributed by atoms with van der Waals surface area (Å²) in [7, 11) is 0. The minimum atomic E-state index is 0.204. The normalized spacial score (nSPS) is 26.0. The molecular weight excluding hydrogens is 322 g/mol. The molecule has 0 radical (unpaired) electrons. The van der Waals surface area contributed by atoms with Crippen molar-refractivity contribution >= 4 is 17.5 Å². The van der Waals surface area contributed by atoms with Gasteiger partial charge in [0.25, 0.3) is 0 Å². The summed E-state index contributed by atoms with van der Waals surface area (Å²) < 4.78 is 0. The number of halogens is 1. The molecule has 2 atom stereocenters. The highest BCUT2D eigenvalue weighted by atomic mass is 35.5. The van der Waals surface area contributed by atoms with Crippen LogP contribution in [0.4, 0.5) is 0 Å². The number of amides is 1. The first-order chi connectivity index (χ1) is 11.5. The van der Waals surface area contributed by atoms with Crippen LogP contribution in [0.1, 0.15) is 19.4 Å². The van der Waals surface area contributed by atoms with Crippen LogP contribution in [-0.4, -0.2) is 72.5 Å². The third-order valence-electron chi connectivity index (χ3n) is 5.53. The van der Waals surface area contributed by atoms with Crippen LogP contribution >= 0.6 is 11.6 Å². The molecule has 1 aromatic carbocycles. The number of nitrogens with zero attached hydrogens (tertiary/aromatic N) is 3. The number of benzene rings is 1. The molecule has 1 amide bonds. The molecule has 0 aliphatic carbocycles. The summed E-state index contributed by atoms with van der Waals surface area (Å²) in [5.74, 6) is 0.885. The lowest BCUT2D eigenvalue weighted by Gasteiger charge is -2.39. The summed E-state index contributed by atoms with van der Waals surface area (Å²) in [6.45, 7) is 11.1. The van der Waals surface area contributed by atoms with Gasteiger partial charge in [-0.05, 0) is 24.0 Å². The third-order valence-corrected chi connectivity index (χ3v) is 5.90. The lowest BCUT2D eigenvalue weighted by molar-refractivity contribution is -0.130. The van der Waals surface area contributed by atoms with Gasteiger partial charge in [0.05, 0.1) is 0 Å². The molecule has 5 heteroatoms. The van der Waals surface area contributed by atoms with Crippen molar-refractivity contribution in [1.82, 2.24) is 14.7 Å². The molecule has 0 bridgehead atoms. The number of hydrogen-bond acceptors (Lipinski definition) is 3. The van der Waals surface area contributed by atoms with Crippen LogP contribution in [-0.2, 0) is 11.2 Å². The smallest absolute Gasteiger partial charge is 0.219 e. The maximum atomic E-state index is 11.5. The Morgan fingerprint density at radius 1 is 1.17 bits per heavy atom. The lowest BCUT2D eigenvalue weighted by atomic mass is 10.0. The Kier molecular flexibility index (Phi) is 5.80. The van der Waals surface area contributed by atoms with Crippen molar-refractivity contribution < 1.29 is 4.79 Å². The Morgan fingerprint density at radius 2 is 1.88 bits per heavy atom. The summed E-state index contributed by atoms with van der Waals surface area (Å²) in [6, 6.07) is 8.76. The molecule has 0 saturated carbocycles. The van der Waals surface area contributed by atoms with Gasteiger partial charge in [-0.2, -0.15) is 0 Å². The Morgan fingerprint density at radius 3 is 2.54 bits per heavy atom. The molecule has 24 heavy (non-hydrogen) atoms. The van der Waals surface area contributed by atoms with Gasteiger partial charge in [-0.3, -0.25) is 9.69 Å². The largest absolute Gasteiger partial charge is 0.340 e. The molecule has 2 unspecified atom stereocenters. The molecule has 2 fully saturated rings. The molecule has 0 N–H and O–H groups in total. The Balaban J connectivity index is 1.50. The summed E-state index contributed by atoms with van der Waals surface area (Å²) in [4.78, 5) is 18.6. The molecule has 2 aliphatic rings. The molecule has 0 aromatic heterocycles. The summed E-state index contributed by atoms with van der Waals surface area (Å²) >= 11 is 6.27. The van der Waals surface area contributed by atoms with Gasteiger partial charge in [0.15, 0.2) is 0 Å². The maximum Gasteiger partial charge on any atom is 0.219 e. The zero-order valence-corrected chi connectivity index (χ0v) is 15.5. The number of carbonyl (C=O) groups excluding carboxylic acids is 1. The van der Waals surface area contributed by atoms with E-state index in [-0.39, 0.29) is 5.91 Å². The Labute approximate surface area is 150 Å². The zero-order valence-electron chi connectivity index (χ0n) is 14.7. The number of likely N-dealkylation sites (tertiary alicyclic amines) is 1. The maximum absolute atomic E-state index is 11.5. The van der Waals surface area contributed by atoms with Crippen molar-refractivity contribution in [1.29, 1.82) is 0 Å². The Hall–Kier alpha value is -1.10. The number of rotatable bonds is 4.